The predicted molar refractivity (Wildman–Crippen MR) is 99.6 cm³/mol. The van der Waals surface area contributed by atoms with Crippen molar-refractivity contribution < 1.29 is 14.3 Å². The Bertz CT molecular complexity index is 774. The molecule has 1 aromatic heterocycles. The van der Waals surface area contributed by atoms with Gasteiger partial charge in [-0.2, -0.15) is 0 Å². The van der Waals surface area contributed by atoms with Gasteiger partial charge in [0.15, 0.2) is 11.7 Å². The molecule has 25 heavy (non-hydrogen) atoms. The van der Waals surface area contributed by atoms with Crippen LogP contribution >= 0.6 is 11.3 Å². The van der Waals surface area contributed by atoms with Crippen LogP contribution in [0.15, 0.2) is 35.7 Å². The van der Waals surface area contributed by atoms with Crippen molar-refractivity contribution in [2.24, 2.45) is 5.73 Å². The predicted octanol–water partition coefficient (Wildman–Crippen LogP) is 2.96. The molecule has 0 spiro atoms. The highest BCUT2D eigenvalue weighted by Gasteiger charge is 2.17. The van der Waals surface area contributed by atoms with E-state index in [0.29, 0.717) is 10.9 Å². The van der Waals surface area contributed by atoms with Gasteiger partial charge in [-0.05, 0) is 23.8 Å². The number of amides is 2. The Hall–Kier alpha value is -2.67. The lowest BCUT2D eigenvalue weighted by atomic mass is 9.93. The van der Waals surface area contributed by atoms with Crippen LogP contribution in [0.1, 0.15) is 32.0 Å². The van der Waals surface area contributed by atoms with Crippen molar-refractivity contribution in [2.45, 2.75) is 26.2 Å². The van der Waals surface area contributed by atoms with E-state index in [9.17, 15) is 9.59 Å². The second-order valence-electron chi connectivity index (χ2n) is 6.43. The largest absolute Gasteiger partial charge is 0.484 e. The van der Waals surface area contributed by atoms with Gasteiger partial charge in [0, 0.05) is 16.9 Å². The Kier molecular flexibility index (Phi) is 5.93. The van der Waals surface area contributed by atoms with Crippen LogP contribution in [0.2, 0.25) is 0 Å². The number of carbonyl (C=O) groups excluding carboxylic acids is 2. The number of hydrogen-bond donors (Lipinski definition) is 2. The lowest BCUT2D eigenvalue weighted by Crippen LogP contribution is -2.19. The fraction of sp³-hybridized carbons (Fsp3) is 0.278. The molecule has 0 fully saturated rings. The van der Waals surface area contributed by atoms with E-state index in [4.69, 9.17) is 10.5 Å². The average molecular weight is 359 g/mol. The van der Waals surface area contributed by atoms with Gasteiger partial charge in [0.25, 0.3) is 5.91 Å². The zero-order chi connectivity index (χ0) is 18.4. The van der Waals surface area contributed by atoms with Gasteiger partial charge in [-0.25, -0.2) is 4.98 Å². The summed E-state index contributed by atoms with van der Waals surface area (Å²) in [6, 6.07) is 6.97. The van der Waals surface area contributed by atoms with Crippen molar-refractivity contribution in [3.05, 3.63) is 47.0 Å². The summed E-state index contributed by atoms with van der Waals surface area (Å²) in [5.41, 5.74) is 6.75. The molecule has 2 rings (SSSR count). The van der Waals surface area contributed by atoms with E-state index >= 15 is 0 Å². The number of anilines is 1. The van der Waals surface area contributed by atoms with E-state index in [2.05, 4.69) is 31.1 Å². The molecule has 1 heterocycles. The van der Waals surface area contributed by atoms with Gasteiger partial charge in [-0.1, -0.05) is 32.9 Å². The van der Waals surface area contributed by atoms with Crippen LogP contribution in [-0.2, 0) is 15.0 Å². The van der Waals surface area contributed by atoms with Gasteiger partial charge in [0.1, 0.15) is 5.75 Å². The molecule has 0 radical (unpaired) electrons. The Labute approximate surface area is 150 Å². The number of aromatic nitrogens is 1. The number of thiazole rings is 1. The number of ether oxygens (including phenoxy) is 1. The first-order valence-corrected chi connectivity index (χ1v) is 8.58. The minimum absolute atomic E-state index is 0.0480. The van der Waals surface area contributed by atoms with Gasteiger partial charge in [-0.15, -0.1) is 11.3 Å². The molecule has 0 aliphatic carbocycles. The Morgan fingerprint density at radius 2 is 1.96 bits per heavy atom. The van der Waals surface area contributed by atoms with E-state index in [1.807, 2.05) is 5.38 Å². The average Bonchev–Trinajstić information content (AvgIpc) is 3.00. The molecule has 6 nitrogen and oxygen atoms in total. The summed E-state index contributed by atoms with van der Waals surface area (Å²) in [6.07, 6.45) is 3.13. The van der Waals surface area contributed by atoms with Crippen LogP contribution in [0.4, 0.5) is 5.13 Å². The molecule has 0 aliphatic heterocycles. The number of hydrogen-bond acceptors (Lipinski definition) is 5. The Balaban J connectivity index is 1.91. The summed E-state index contributed by atoms with van der Waals surface area (Å²) in [7, 11) is 0. The maximum absolute atomic E-state index is 12.0. The molecule has 2 aromatic rings. The zero-order valence-corrected chi connectivity index (χ0v) is 15.2. The SMILES string of the molecule is CC(C)(C)c1csc(NC(=O)/C=C/c2ccc(OCC(N)=O)cc2)n1. The number of nitrogens with two attached hydrogens (primary N) is 1. The van der Waals surface area contributed by atoms with E-state index in [0.717, 1.165) is 11.3 Å². The molecule has 0 aliphatic rings. The van der Waals surface area contributed by atoms with Gasteiger partial charge in [0.05, 0.1) is 5.69 Å². The van der Waals surface area contributed by atoms with Crippen molar-refractivity contribution in [2.75, 3.05) is 11.9 Å². The second-order valence-corrected chi connectivity index (χ2v) is 7.29. The third kappa shape index (κ3) is 6.04. The van der Waals surface area contributed by atoms with Crippen LogP contribution in [-0.4, -0.2) is 23.4 Å². The monoisotopic (exact) mass is 359 g/mol. The highest BCUT2D eigenvalue weighted by Crippen LogP contribution is 2.26. The molecular weight excluding hydrogens is 338 g/mol. The van der Waals surface area contributed by atoms with Crippen molar-refractivity contribution in [1.82, 2.24) is 4.98 Å². The summed E-state index contributed by atoms with van der Waals surface area (Å²) in [4.78, 5) is 27.1. The maximum atomic E-state index is 12.0. The standard InChI is InChI=1S/C18H21N3O3S/c1-18(2,3)14-11-25-17(20-14)21-16(23)9-6-12-4-7-13(8-5-12)24-10-15(19)22/h4-9,11H,10H2,1-3H3,(H2,19,22)(H,20,21,23)/b9-6+. The summed E-state index contributed by atoms with van der Waals surface area (Å²) in [5, 5.41) is 5.28. The lowest BCUT2D eigenvalue weighted by Gasteiger charge is -2.14. The van der Waals surface area contributed by atoms with Gasteiger partial charge in [-0.3, -0.25) is 14.9 Å². The summed E-state index contributed by atoms with van der Waals surface area (Å²) < 4.78 is 5.17. The van der Waals surface area contributed by atoms with Gasteiger partial charge >= 0.3 is 0 Å². The van der Waals surface area contributed by atoms with Gasteiger partial charge in [0.2, 0.25) is 5.91 Å². The minimum atomic E-state index is -0.530. The lowest BCUT2D eigenvalue weighted by molar-refractivity contribution is -0.120. The van der Waals surface area contributed by atoms with Crippen LogP contribution in [0.3, 0.4) is 0 Å². The van der Waals surface area contributed by atoms with Crippen molar-refractivity contribution in [3.8, 4) is 5.75 Å². The molecule has 0 unspecified atom stereocenters. The number of nitrogens with one attached hydrogen (secondary N) is 1. The molecule has 2 amide bonds. The molecule has 7 heteroatoms. The normalized spacial score (nSPS) is 11.5. The van der Waals surface area contributed by atoms with E-state index < -0.39 is 5.91 Å². The third-order valence-corrected chi connectivity index (χ3v) is 3.95. The van der Waals surface area contributed by atoms with E-state index in [1.165, 1.54) is 17.4 Å². The molecule has 0 saturated heterocycles. The van der Waals surface area contributed by atoms with E-state index in [-0.39, 0.29) is 17.9 Å². The number of nitrogens with zero attached hydrogens (tertiary/aromatic N) is 1. The van der Waals surface area contributed by atoms with Crippen molar-refractivity contribution in [3.63, 3.8) is 0 Å². The number of rotatable bonds is 6. The van der Waals surface area contributed by atoms with Crippen LogP contribution < -0.4 is 15.8 Å². The highest BCUT2D eigenvalue weighted by molar-refractivity contribution is 7.14. The first kappa shape index (κ1) is 18.7. The fourth-order valence-corrected chi connectivity index (χ4v) is 2.76. The molecule has 0 atom stereocenters. The van der Waals surface area contributed by atoms with Crippen molar-refractivity contribution in [1.29, 1.82) is 0 Å². The molecule has 0 saturated carbocycles. The number of benzene rings is 1. The summed E-state index contributed by atoms with van der Waals surface area (Å²) in [5.74, 6) is -0.237. The number of carbonyl (C=O) groups is 2. The highest BCUT2D eigenvalue weighted by atomic mass is 32.1. The molecular formula is C18H21N3O3S. The smallest absolute Gasteiger partial charge is 0.255 e. The molecule has 3 N–H and O–H groups in total. The quantitative estimate of drug-likeness (QED) is 0.775. The molecule has 0 bridgehead atoms. The van der Waals surface area contributed by atoms with Crippen LogP contribution in [0.25, 0.3) is 6.08 Å². The van der Waals surface area contributed by atoms with Crippen LogP contribution in [0.5, 0.6) is 5.75 Å². The Morgan fingerprint density at radius 1 is 1.28 bits per heavy atom. The van der Waals surface area contributed by atoms with Crippen molar-refractivity contribution >= 4 is 34.4 Å². The fourth-order valence-electron chi connectivity index (χ4n) is 1.82. The number of primary amides is 1. The second kappa shape index (κ2) is 7.94. The van der Waals surface area contributed by atoms with E-state index in [1.54, 1.807) is 30.3 Å². The zero-order valence-electron chi connectivity index (χ0n) is 14.4. The molecule has 132 valence electrons. The summed E-state index contributed by atoms with van der Waals surface area (Å²) in [6.45, 7) is 6.06. The summed E-state index contributed by atoms with van der Waals surface area (Å²) >= 11 is 1.40. The first-order chi connectivity index (χ1) is 11.7. The topological polar surface area (TPSA) is 94.3 Å². The first-order valence-electron chi connectivity index (χ1n) is 7.70. The third-order valence-electron chi connectivity index (χ3n) is 3.19. The van der Waals surface area contributed by atoms with Crippen LogP contribution in [0, 0.1) is 0 Å². The van der Waals surface area contributed by atoms with Gasteiger partial charge < -0.3 is 10.5 Å². The maximum Gasteiger partial charge on any atom is 0.255 e. The minimum Gasteiger partial charge on any atom is -0.484 e. The Morgan fingerprint density at radius 3 is 2.52 bits per heavy atom. The molecule has 1 aromatic carbocycles.